The van der Waals surface area contributed by atoms with Crippen molar-refractivity contribution >= 4 is 11.8 Å². The number of hydrogen-bond acceptors (Lipinski definition) is 6. The molecule has 1 saturated heterocycles. The average Bonchev–Trinajstić information content (AvgIpc) is 3.00. The molecule has 2 aromatic carbocycles. The number of nitrogens with one attached hydrogen (secondary N) is 1. The van der Waals surface area contributed by atoms with E-state index in [1.165, 1.54) is 18.3 Å². The number of ether oxygens (including phenoxy) is 2. The van der Waals surface area contributed by atoms with Gasteiger partial charge in [0.1, 0.15) is 29.1 Å². The van der Waals surface area contributed by atoms with Gasteiger partial charge in [-0.25, -0.2) is 4.39 Å². The van der Waals surface area contributed by atoms with E-state index in [2.05, 4.69) is 16.4 Å². The molecule has 206 valence electrons. The first kappa shape index (κ1) is 27.1. The Morgan fingerprint density at radius 3 is 2.02 bits per heavy atom. The molecule has 0 spiro atoms. The van der Waals surface area contributed by atoms with E-state index in [4.69, 9.17) is 14.7 Å². The van der Waals surface area contributed by atoms with Gasteiger partial charge in [-0.1, -0.05) is 0 Å². The molecule has 1 N–H and O–H groups in total. The molecule has 0 radical (unpaired) electrons. The fraction of sp³-hybridized carbons (Fsp3) is 0.355. The van der Waals surface area contributed by atoms with Crippen LogP contribution in [0.25, 0.3) is 0 Å². The van der Waals surface area contributed by atoms with Gasteiger partial charge in [-0.2, -0.15) is 5.26 Å². The average molecular weight is 543 g/mol. The predicted octanol–water partition coefficient (Wildman–Crippen LogP) is 4.90. The van der Waals surface area contributed by atoms with Gasteiger partial charge in [0.25, 0.3) is 11.8 Å². The summed E-state index contributed by atoms with van der Waals surface area (Å²) in [6, 6.07) is 18.4. The zero-order valence-electron chi connectivity index (χ0n) is 22.1. The molecule has 1 aliphatic heterocycles. The molecule has 0 bridgehead atoms. The molecule has 2 fully saturated rings. The quantitative estimate of drug-likeness (QED) is 0.456. The zero-order chi connectivity index (χ0) is 27.9. The number of nitrogens with zero attached hydrogens (tertiary/aromatic N) is 3. The Labute approximate surface area is 232 Å². The van der Waals surface area contributed by atoms with Crippen molar-refractivity contribution in [3.63, 3.8) is 0 Å². The van der Waals surface area contributed by atoms with E-state index in [1.807, 2.05) is 0 Å². The van der Waals surface area contributed by atoms with Crippen LogP contribution in [-0.2, 0) is 0 Å². The summed E-state index contributed by atoms with van der Waals surface area (Å²) in [5, 5.41) is 12.0. The number of likely N-dealkylation sites (tertiary alicyclic amines) is 1. The Bertz CT molecular complexity index is 1340. The van der Waals surface area contributed by atoms with Gasteiger partial charge >= 0.3 is 0 Å². The number of amides is 2. The molecule has 40 heavy (non-hydrogen) atoms. The van der Waals surface area contributed by atoms with Crippen LogP contribution in [0.2, 0.25) is 0 Å². The Balaban J connectivity index is 1.05. The molecule has 3 aromatic rings. The van der Waals surface area contributed by atoms with Crippen molar-refractivity contribution < 1.29 is 23.5 Å². The van der Waals surface area contributed by atoms with E-state index in [1.54, 1.807) is 53.4 Å². The summed E-state index contributed by atoms with van der Waals surface area (Å²) in [6.45, 7) is 1.11. The van der Waals surface area contributed by atoms with Crippen LogP contribution in [0.5, 0.6) is 11.5 Å². The molecule has 1 saturated carbocycles. The molecular weight excluding hydrogens is 511 g/mol. The summed E-state index contributed by atoms with van der Waals surface area (Å²) in [7, 11) is 0. The predicted molar refractivity (Wildman–Crippen MR) is 145 cm³/mol. The maximum Gasteiger partial charge on any atom is 0.272 e. The molecule has 2 aliphatic rings. The lowest BCUT2D eigenvalue weighted by Crippen LogP contribution is -2.42. The highest BCUT2D eigenvalue weighted by molar-refractivity contribution is 5.96. The summed E-state index contributed by atoms with van der Waals surface area (Å²) in [4.78, 5) is 31.8. The fourth-order valence-corrected chi connectivity index (χ4v) is 5.09. The van der Waals surface area contributed by atoms with Crippen LogP contribution < -0.4 is 14.8 Å². The molecule has 5 rings (SSSR count). The highest BCUT2D eigenvalue weighted by Gasteiger charge is 2.27. The van der Waals surface area contributed by atoms with E-state index < -0.39 is 0 Å². The third-order valence-corrected chi connectivity index (χ3v) is 7.39. The number of rotatable bonds is 7. The van der Waals surface area contributed by atoms with Crippen LogP contribution in [0.4, 0.5) is 4.39 Å². The van der Waals surface area contributed by atoms with Gasteiger partial charge in [0, 0.05) is 38.2 Å². The van der Waals surface area contributed by atoms with E-state index >= 15 is 0 Å². The summed E-state index contributed by atoms with van der Waals surface area (Å²) >= 11 is 0. The van der Waals surface area contributed by atoms with Crippen molar-refractivity contribution in [2.75, 3.05) is 13.1 Å². The SMILES string of the molecule is N#Cc1ccc(OC2CCN(C(=O)c3ccc(C(=O)NC4CCC(Oc5ccc(F)cc5)CC4)cn3)CC2)cc1. The third kappa shape index (κ3) is 6.94. The van der Waals surface area contributed by atoms with Crippen LogP contribution in [0.15, 0.2) is 66.9 Å². The zero-order valence-corrected chi connectivity index (χ0v) is 22.1. The largest absolute Gasteiger partial charge is 0.490 e. The second-order valence-electron chi connectivity index (χ2n) is 10.2. The molecule has 8 nitrogen and oxygen atoms in total. The summed E-state index contributed by atoms with van der Waals surface area (Å²) in [5.74, 6) is 0.692. The number of hydrogen-bond donors (Lipinski definition) is 1. The van der Waals surface area contributed by atoms with E-state index in [0.29, 0.717) is 54.3 Å². The number of piperidine rings is 1. The van der Waals surface area contributed by atoms with E-state index in [9.17, 15) is 14.0 Å². The van der Waals surface area contributed by atoms with Gasteiger partial charge in [-0.3, -0.25) is 14.6 Å². The van der Waals surface area contributed by atoms with Crippen molar-refractivity contribution in [1.29, 1.82) is 5.26 Å². The molecule has 2 heterocycles. The van der Waals surface area contributed by atoms with Crippen molar-refractivity contribution in [2.45, 2.75) is 56.8 Å². The molecular formula is C31H31FN4O4. The summed E-state index contributed by atoms with van der Waals surface area (Å²) < 4.78 is 25.0. The number of carbonyl (C=O) groups excluding carboxylic acids is 2. The molecule has 9 heteroatoms. The van der Waals surface area contributed by atoms with Crippen LogP contribution in [0.1, 0.15) is 64.9 Å². The smallest absolute Gasteiger partial charge is 0.272 e. The van der Waals surface area contributed by atoms with Crippen LogP contribution in [-0.4, -0.2) is 53.0 Å². The second kappa shape index (κ2) is 12.6. The van der Waals surface area contributed by atoms with Gasteiger partial charge in [0.05, 0.1) is 23.3 Å². The van der Waals surface area contributed by atoms with E-state index in [-0.39, 0.29) is 35.9 Å². The highest BCUT2D eigenvalue weighted by atomic mass is 19.1. The molecule has 0 unspecified atom stereocenters. The van der Waals surface area contributed by atoms with Gasteiger partial charge in [-0.05, 0) is 86.3 Å². The minimum atomic E-state index is -0.294. The Morgan fingerprint density at radius 1 is 0.850 bits per heavy atom. The summed E-state index contributed by atoms with van der Waals surface area (Å²) in [6.07, 6.45) is 6.05. The van der Waals surface area contributed by atoms with Crippen LogP contribution >= 0.6 is 0 Å². The maximum atomic E-state index is 13.1. The highest BCUT2D eigenvalue weighted by Crippen LogP contribution is 2.25. The number of benzene rings is 2. The van der Waals surface area contributed by atoms with Gasteiger partial charge < -0.3 is 19.7 Å². The number of halogens is 1. The lowest BCUT2D eigenvalue weighted by Gasteiger charge is -2.32. The topological polar surface area (TPSA) is 105 Å². The standard InChI is InChI=1S/C31H31FN4O4/c32-23-4-10-26(11-5-23)39-27-12-6-24(7-13-27)35-30(37)22-3-14-29(34-20-22)31(38)36-17-15-28(16-18-36)40-25-8-1-21(19-33)2-9-25/h1-5,8-11,14,20,24,27-28H,6-7,12-13,15-18H2,(H,35,37). The summed E-state index contributed by atoms with van der Waals surface area (Å²) in [5.41, 5.74) is 1.30. The third-order valence-electron chi connectivity index (χ3n) is 7.39. The first-order valence-electron chi connectivity index (χ1n) is 13.6. The fourth-order valence-electron chi connectivity index (χ4n) is 5.09. The first-order valence-corrected chi connectivity index (χ1v) is 13.6. The van der Waals surface area contributed by atoms with Crippen LogP contribution in [0, 0.1) is 17.1 Å². The second-order valence-corrected chi connectivity index (χ2v) is 10.2. The monoisotopic (exact) mass is 542 g/mol. The van der Waals surface area contributed by atoms with Crippen molar-refractivity contribution in [1.82, 2.24) is 15.2 Å². The molecule has 2 amide bonds. The Morgan fingerprint density at radius 2 is 1.45 bits per heavy atom. The number of carbonyl (C=O) groups is 2. The Kier molecular flexibility index (Phi) is 8.55. The number of pyridine rings is 1. The normalized spacial score (nSPS) is 19.4. The van der Waals surface area contributed by atoms with Gasteiger partial charge in [0.2, 0.25) is 0 Å². The first-order chi connectivity index (χ1) is 19.5. The lowest BCUT2D eigenvalue weighted by molar-refractivity contribution is 0.0589. The molecule has 1 aromatic heterocycles. The number of nitriles is 1. The van der Waals surface area contributed by atoms with Crippen molar-refractivity contribution in [3.8, 4) is 17.6 Å². The minimum absolute atomic E-state index is 0.000517. The Hall–Kier alpha value is -4.45. The lowest BCUT2D eigenvalue weighted by atomic mass is 9.92. The van der Waals surface area contributed by atoms with Gasteiger partial charge in [-0.15, -0.1) is 0 Å². The molecule has 0 atom stereocenters. The van der Waals surface area contributed by atoms with Crippen LogP contribution in [0.3, 0.4) is 0 Å². The van der Waals surface area contributed by atoms with Gasteiger partial charge in [0.15, 0.2) is 0 Å². The van der Waals surface area contributed by atoms with E-state index in [0.717, 1.165) is 25.7 Å². The molecule has 1 aliphatic carbocycles. The number of aromatic nitrogens is 1. The maximum absolute atomic E-state index is 13.1. The van der Waals surface area contributed by atoms with Crippen molar-refractivity contribution in [3.05, 3.63) is 89.5 Å². The van der Waals surface area contributed by atoms with Crippen molar-refractivity contribution in [2.24, 2.45) is 0 Å². The minimum Gasteiger partial charge on any atom is -0.490 e.